The van der Waals surface area contributed by atoms with Crippen LogP contribution in [0.15, 0.2) is 42.5 Å². The average molecular weight is 301 g/mol. The molecule has 5 heteroatoms. The normalized spacial score (nSPS) is 11.6. The standard InChI is InChI=1S/C17H19NO4/c1-11(22-15-7-5-4-6-14(15)18)17(19)13-9-8-12(20-2)10-16(13)21-3/h4-11H,18H2,1-3H3. The van der Waals surface area contributed by atoms with Gasteiger partial charge in [0.05, 0.1) is 25.5 Å². The van der Waals surface area contributed by atoms with Crippen molar-refractivity contribution >= 4 is 11.5 Å². The van der Waals surface area contributed by atoms with Crippen molar-refractivity contribution < 1.29 is 19.0 Å². The largest absolute Gasteiger partial charge is 0.497 e. The van der Waals surface area contributed by atoms with E-state index in [1.807, 2.05) is 0 Å². The van der Waals surface area contributed by atoms with Gasteiger partial charge in [0, 0.05) is 6.07 Å². The predicted molar refractivity (Wildman–Crippen MR) is 84.8 cm³/mol. The fourth-order valence-electron chi connectivity index (χ4n) is 2.05. The van der Waals surface area contributed by atoms with Crippen LogP contribution in [0.4, 0.5) is 5.69 Å². The Hall–Kier alpha value is -2.69. The Morgan fingerprint density at radius 3 is 2.41 bits per heavy atom. The minimum Gasteiger partial charge on any atom is -0.497 e. The molecule has 1 unspecified atom stereocenters. The maximum absolute atomic E-state index is 12.6. The van der Waals surface area contributed by atoms with Crippen molar-refractivity contribution in [1.82, 2.24) is 0 Å². The molecule has 116 valence electrons. The molecule has 0 aliphatic rings. The van der Waals surface area contributed by atoms with Crippen LogP contribution in [0, 0.1) is 0 Å². The minimum absolute atomic E-state index is 0.192. The number of ketones is 1. The van der Waals surface area contributed by atoms with Gasteiger partial charge in [-0.3, -0.25) is 4.79 Å². The topological polar surface area (TPSA) is 70.8 Å². The van der Waals surface area contributed by atoms with Crippen LogP contribution in [0.25, 0.3) is 0 Å². The van der Waals surface area contributed by atoms with E-state index in [0.29, 0.717) is 28.5 Å². The molecule has 0 spiro atoms. The summed E-state index contributed by atoms with van der Waals surface area (Å²) >= 11 is 0. The lowest BCUT2D eigenvalue weighted by Crippen LogP contribution is -2.24. The number of para-hydroxylation sites is 2. The quantitative estimate of drug-likeness (QED) is 0.656. The summed E-state index contributed by atoms with van der Waals surface area (Å²) in [6, 6.07) is 12.1. The highest BCUT2D eigenvalue weighted by Crippen LogP contribution is 2.27. The first kappa shape index (κ1) is 15.7. The number of carbonyl (C=O) groups is 1. The van der Waals surface area contributed by atoms with Crippen LogP contribution in [-0.2, 0) is 0 Å². The third-order valence-corrected chi connectivity index (χ3v) is 3.27. The minimum atomic E-state index is -0.688. The van der Waals surface area contributed by atoms with Crippen LogP contribution in [0.3, 0.4) is 0 Å². The first-order valence-electron chi connectivity index (χ1n) is 6.84. The van der Waals surface area contributed by atoms with Crippen molar-refractivity contribution in [3.05, 3.63) is 48.0 Å². The molecule has 0 aliphatic heterocycles. The van der Waals surface area contributed by atoms with Gasteiger partial charge in [-0.2, -0.15) is 0 Å². The van der Waals surface area contributed by atoms with E-state index in [1.54, 1.807) is 56.5 Å². The zero-order valence-electron chi connectivity index (χ0n) is 12.8. The Balaban J connectivity index is 2.22. The summed E-state index contributed by atoms with van der Waals surface area (Å²) in [5, 5.41) is 0. The van der Waals surface area contributed by atoms with Gasteiger partial charge in [0.25, 0.3) is 0 Å². The Labute approximate surface area is 129 Å². The first-order chi connectivity index (χ1) is 10.6. The molecule has 0 amide bonds. The summed E-state index contributed by atoms with van der Waals surface area (Å²) < 4.78 is 16.0. The number of methoxy groups -OCH3 is 2. The highest BCUT2D eigenvalue weighted by molar-refractivity contribution is 6.02. The van der Waals surface area contributed by atoms with Gasteiger partial charge < -0.3 is 19.9 Å². The van der Waals surface area contributed by atoms with Crippen molar-refractivity contribution in [2.75, 3.05) is 20.0 Å². The second kappa shape index (κ2) is 6.85. The van der Waals surface area contributed by atoms with Gasteiger partial charge in [-0.05, 0) is 31.2 Å². The van der Waals surface area contributed by atoms with Crippen LogP contribution in [0.5, 0.6) is 17.2 Å². The molecule has 0 bridgehead atoms. The Kier molecular flexibility index (Phi) is 4.88. The molecule has 22 heavy (non-hydrogen) atoms. The van der Waals surface area contributed by atoms with Gasteiger partial charge in [-0.1, -0.05) is 12.1 Å². The fourth-order valence-corrected chi connectivity index (χ4v) is 2.05. The fraction of sp³-hybridized carbons (Fsp3) is 0.235. The Morgan fingerprint density at radius 2 is 1.77 bits per heavy atom. The molecule has 0 radical (unpaired) electrons. The van der Waals surface area contributed by atoms with Crippen molar-refractivity contribution in [3.8, 4) is 17.2 Å². The SMILES string of the molecule is COc1ccc(C(=O)C(C)Oc2ccccc2N)c(OC)c1. The van der Waals surface area contributed by atoms with E-state index in [2.05, 4.69) is 0 Å². The lowest BCUT2D eigenvalue weighted by atomic mass is 10.1. The predicted octanol–water partition coefficient (Wildman–Crippen LogP) is 2.94. The maximum Gasteiger partial charge on any atom is 0.206 e. The number of anilines is 1. The lowest BCUT2D eigenvalue weighted by molar-refractivity contribution is 0.0816. The Morgan fingerprint density at radius 1 is 1.05 bits per heavy atom. The first-order valence-corrected chi connectivity index (χ1v) is 6.84. The van der Waals surface area contributed by atoms with Crippen LogP contribution >= 0.6 is 0 Å². The molecule has 0 saturated carbocycles. The van der Waals surface area contributed by atoms with Crippen LogP contribution in [0.1, 0.15) is 17.3 Å². The van der Waals surface area contributed by atoms with Gasteiger partial charge in [0.1, 0.15) is 17.2 Å². The summed E-state index contributed by atoms with van der Waals surface area (Å²) in [5.41, 5.74) is 6.75. The van der Waals surface area contributed by atoms with E-state index in [4.69, 9.17) is 19.9 Å². The average Bonchev–Trinajstić information content (AvgIpc) is 2.55. The Bertz CT molecular complexity index is 669. The van der Waals surface area contributed by atoms with Crippen molar-refractivity contribution in [1.29, 1.82) is 0 Å². The van der Waals surface area contributed by atoms with Gasteiger partial charge in [-0.15, -0.1) is 0 Å². The van der Waals surface area contributed by atoms with Gasteiger partial charge in [-0.25, -0.2) is 0 Å². The van der Waals surface area contributed by atoms with Crippen LogP contribution in [-0.4, -0.2) is 26.1 Å². The summed E-state index contributed by atoms with van der Waals surface area (Å²) in [6.45, 7) is 1.68. The molecule has 0 aromatic heterocycles. The third-order valence-electron chi connectivity index (χ3n) is 3.27. The lowest BCUT2D eigenvalue weighted by Gasteiger charge is -2.17. The van der Waals surface area contributed by atoms with Gasteiger partial charge in [0.2, 0.25) is 5.78 Å². The van der Waals surface area contributed by atoms with Crippen molar-refractivity contribution in [3.63, 3.8) is 0 Å². The molecule has 0 aliphatic carbocycles. The molecule has 2 aromatic rings. The van der Waals surface area contributed by atoms with Crippen molar-refractivity contribution in [2.45, 2.75) is 13.0 Å². The highest BCUT2D eigenvalue weighted by Gasteiger charge is 2.21. The number of Topliss-reactive ketones (excluding diaryl/α,β-unsaturated/α-hetero) is 1. The summed E-state index contributed by atoms with van der Waals surface area (Å²) in [7, 11) is 3.06. The molecule has 2 rings (SSSR count). The molecule has 2 aromatic carbocycles. The number of rotatable bonds is 6. The third kappa shape index (κ3) is 3.31. The molecule has 0 fully saturated rings. The monoisotopic (exact) mass is 301 g/mol. The number of carbonyl (C=O) groups excluding carboxylic acids is 1. The molecule has 1 atom stereocenters. The molecule has 5 nitrogen and oxygen atoms in total. The van der Waals surface area contributed by atoms with E-state index >= 15 is 0 Å². The number of benzene rings is 2. The zero-order valence-corrected chi connectivity index (χ0v) is 12.8. The molecular weight excluding hydrogens is 282 g/mol. The number of hydrogen-bond acceptors (Lipinski definition) is 5. The maximum atomic E-state index is 12.6. The molecule has 0 saturated heterocycles. The van der Waals surface area contributed by atoms with E-state index in [0.717, 1.165) is 0 Å². The summed E-state index contributed by atoms with van der Waals surface area (Å²) in [5.74, 6) is 1.36. The zero-order chi connectivity index (χ0) is 16.1. The second-order valence-electron chi connectivity index (χ2n) is 4.73. The molecule has 2 N–H and O–H groups in total. The summed E-state index contributed by atoms with van der Waals surface area (Å²) in [6.07, 6.45) is -0.688. The van der Waals surface area contributed by atoms with Crippen LogP contribution < -0.4 is 19.9 Å². The smallest absolute Gasteiger partial charge is 0.206 e. The van der Waals surface area contributed by atoms with Crippen LogP contribution in [0.2, 0.25) is 0 Å². The van der Waals surface area contributed by atoms with E-state index in [-0.39, 0.29) is 5.78 Å². The van der Waals surface area contributed by atoms with Crippen molar-refractivity contribution in [2.24, 2.45) is 0 Å². The number of nitrogens with two attached hydrogens (primary N) is 1. The van der Waals surface area contributed by atoms with E-state index < -0.39 is 6.10 Å². The summed E-state index contributed by atoms with van der Waals surface area (Å²) in [4.78, 5) is 12.6. The number of hydrogen-bond donors (Lipinski definition) is 1. The number of nitrogen functional groups attached to an aromatic ring is 1. The molecular formula is C17H19NO4. The van der Waals surface area contributed by atoms with Gasteiger partial charge >= 0.3 is 0 Å². The second-order valence-corrected chi connectivity index (χ2v) is 4.73. The van der Waals surface area contributed by atoms with Gasteiger partial charge in [0.15, 0.2) is 6.10 Å². The highest BCUT2D eigenvalue weighted by atomic mass is 16.5. The molecule has 0 heterocycles. The van der Waals surface area contributed by atoms with E-state index in [1.165, 1.54) is 7.11 Å². The number of ether oxygens (including phenoxy) is 3. The van der Waals surface area contributed by atoms with E-state index in [9.17, 15) is 4.79 Å².